The number of piperidine rings is 1. The summed E-state index contributed by atoms with van der Waals surface area (Å²) >= 11 is 0. The number of hydrogen-bond acceptors (Lipinski definition) is 2. The van der Waals surface area contributed by atoms with Crippen LogP contribution < -0.4 is 5.73 Å². The molecule has 0 aromatic carbocycles. The van der Waals surface area contributed by atoms with Crippen LogP contribution in [0.3, 0.4) is 0 Å². The zero-order valence-corrected chi connectivity index (χ0v) is 13.3. The highest BCUT2D eigenvalue weighted by atomic mass is 15.2. The molecule has 2 N–H and O–H groups in total. The monoisotopic (exact) mass is 266 g/mol. The molecular weight excluding hydrogens is 232 g/mol. The second-order valence-corrected chi connectivity index (χ2v) is 7.22. The molecule has 2 rings (SSSR count). The van der Waals surface area contributed by atoms with Gasteiger partial charge in [-0.1, -0.05) is 40.0 Å². The summed E-state index contributed by atoms with van der Waals surface area (Å²) in [4.78, 5) is 2.79. The van der Waals surface area contributed by atoms with Crippen LogP contribution in [0.4, 0.5) is 0 Å². The molecule has 19 heavy (non-hydrogen) atoms. The average molecular weight is 266 g/mol. The minimum atomic E-state index is 0.648. The van der Waals surface area contributed by atoms with E-state index in [-0.39, 0.29) is 0 Å². The first-order valence-electron chi connectivity index (χ1n) is 8.58. The van der Waals surface area contributed by atoms with Crippen molar-refractivity contribution in [1.29, 1.82) is 0 Å². The Morgan fingerprint density at radius 3 is 2.26 bits per heavy atom. The van der Waals surface area contributed by atoms with Gasteiger partial charge in [0.05, 0.1) is 0 Å². The van der Waals surface area contributed by atoms with Crippen LogP contribution in [0.25, 0.3) is 0 Å². The molecule has 1 aliphatic carbocycles. The van der Waals surface area contributed by atoms with Gasteiger partial charge in [0.25, 0.3) is 0 Å². The largest absolute Gasteiger partial charge is 0.330 e. The lowest BCUT2D eigenvalue weighted by molar-refractivity contribution is 0.0218. The molecule has 0 bridgehead atoms. The molecule has 0 aromatic heterocycles. The molecule has 2 nitrogen and oxygen atoms in total. The maximum atomic E-state index is 6.02. The Morgan fingerprint density at radius 1 is 1.11 bits per heavy atom. The van der Waals surface area contributed by atoms with Crippen LogP contribution in [0, 0.1) is 17.3 Å². The summed E-state index contributed by atoms with van der Waals surface area (Å²) in [5.41, 5.74) is 6.67. The van der Waals surface area contributed by atoms with Gasteiger partial charge in [-0.25, -0.2) is 0 Å². The Labute approximate surface area is 120 Å². The van der Waals surface area contributed by atoms with E-state index in [1.807, 2.05) is 0 Å². The van der Waals surface area contributed by atoms with E-state index in [4.69, 9.17) is 5.73 Å². The van der Waals surface area contributed by atoms with Crippen molar-refractivity contribution in [1.82, 2.24) is 4.90 Å². The highest BCUT2D eigenvalue weighted by Gasteiger charge is 2.37. The van der Waals surface area contributed by atoms with E-state index >= 15 is 0 Å². The standard InChI is InChI=1S/C17H34N2/c1-4-17(5-2)8-10-19(11-9-17)16-12-14(3)6-7-15(16)13-18/h14-16H,4-13,18H2,1-3H3. The molecule has 0 amide bonds. The number of likely N-dealkylation sites (tertiary alicyclic amines) is 1. The van der Waals surface area contributed by atoms with Crippen LogP contribution in [0.2, 0.25) is 0 Å². The minimum absolute atomic E-state index is 0.648. The van der Waals surface area contributed by atoms with Gasteiger partial charge in [-0.05, 0) is 62.6 Å². The van der Waals surface area contributed by atoms with Gasteiger partial charge in [0.15, 0.2) is 0 Å². The maximum Gasteiger partial charge on any atom is 0.0138 e. The van der Waals surface area contributed by atoms with Gasteiger partial charge in [0, 0.05) is 6.04 Å². The van der Waals surface area contributed by atoms with E-state index in [1.54, 1.807) is 0 Å². The second kappa shape index (κ2) is 6.58. The third kappa shape index (κ3) is 3.33. The van der Waals surface area contributed by atoms with Crippen molar-refractivity contribution in [3.05, 3.63) is 0 Å². The first-order chi connectivity index (χ1) is 9.14. The van der Waals surface area contributed by atoms with Crippen LogP contribution in [0.1, 0.15) is 65.7 Å². The van der Waals surface area contributed by atoms with Gasteiger partial charge in [-0.2, -0.15) is 0 Å². The lowest BCUT2D eigenvalue weighted by atomic mass is 9.72. The number of nitrogens with two attached hydrogens (primary N) is 1. The van der Waals surface area contributed by atoms with E-state index in [9.17, 15) is 0 Å². The average Bonchev–Trinajstić information content (AvgIpc) is 2.47. The topological polar surface area (TPSA) is 29.3 Å². The van der Waals surface area contributed by atoms with Crippen molar-refractivity contribution in [2.24, 2.45) is 23.0 Å². The number of hydrogen-bond donors (Lipinski definition) is 1. The van der Waals surface area contributed by atoms with Gasteiger partial charge >= 0.3 is 0 Å². The van der Waals surface area contributed by atoms with E-state index in [2.05, 4.69) is 25.7 Å². The van der Waals surface area contributed by atoms with Crippen molar-refractivity contribution in [2.45, 2.75) is 71.8 Å². The normalized spacial score (nSPS) is 36.3. The third-order valence-corrected chi connectivity index (χ3v) is 6.35. The molecule has 0 spiro atoms. The zero-order chi connectivity index (χ0) is 13.9. The van der Waals surface area contributed by atoms with Crippen LogP contribution in [0.15, 0.2) is 0 Å². The highest BCUT2D eigenvalue weighted by molar-refractivity contribution is 4.91. The molecule has 3 atom stereocenters. The fourth-order valence-corrected chi connectivity index (χ4v) is 4.42. The quantitative estimate of drug-likeness (QED) is 0.841. The predicted octanol–water partition coefficient (Wildman–Crippen LogP) is 3.65. The summed E-state index contributed by atoms with van der Waals surface area (Å²) in [6.07, 6.45) is 9.65. The molecule has 2 heteroatoms. The predicted molar refractivity (Wildman–Crippen MR) is 83.2 cm³/mol. The van der Waals surface area contributed by atoms with E-state index < -0.39 is 0 Å². The van der Waals surface area contributed by atoms with E-state index in [1.165, 1.54) is 58.0 Å². The van der Waals surface area contributed by atoms with Crippen LogP contribution in [0.5, 0.6) is 0 Å². The molecule has 112 valence electrons. The van der Waals surface area contributed by atoms with Crippen molar-refractivity contribution in [2.75, 3.05) is 19.6 Å². The van der Waals surface area contributed by atoms with Crippen molar-refractivity contribution >= 4 is 0 Å². The van der Waals surface area contributed by atoms with Crippen LogP contribution in [-0.4, -0.2) is 30.6 Å². The minimum Gasteiger partial charge on any atom is -0.330 e. The van der Waals surface area contributed by atoms with Crippen molar-refractivity contribution < 1.29 is 0 Å². The van der Waals surface area contributed by atoms with E-state index in [0.717, 1.165) is 24.4 Å². The third-order valence-electron chi connectivity index (χ3n) is 6.35. The van der Waals surface area contributed by atoms with Gasteiger partial charge in [-0.3, -0.25) is 0 Å². The molecule has 1 saturated carbocycles. The summed E-state index contributed by atoms with van der Waals surface area (Å²) in [6, 6.07) is 0.778. The van der Waals surface area contributed by atoms with Gasteiger partial charge in [-0.15, -0.1) is 0 Å². The fourth-order valence-electron chi connectivity index (χ4n) is 4.42. The molecule has 1 aliphatic heterocycles. The molecule has 0 aromatic rings. The van der Waals surface area contributed by atoms with Crippen LogP contribution in [-0.2, 0) is 0 Å². The molecule has 2 aliphatic rings. The lowest BCUT2D eigenvalue weighted by Gasteiger charge is -2.48. The Bertz CT molecular complexity index is 262. The van der Waals surface area contributed by atoms with Gasteiger partial charge in [0.2, 0.25) is 0 Å². The summed E-state index contributed by atoms with van der Waals surface area (Å²) in [6.45, 7) is 10.7. The smallest absolute Gasteiger partial charge is 0.0138 e. The number of nitrogens with zero attached hydrogens (tertiary/aromatic N) is 1. The zero-order valence-electron chi connectivity index (χ0n) is 13.3. The van der Waals surface area contributed by atoms with E-state index in [0.29, 0.717) is 5.41 Å². The molecule has 1 saturated heterocycles. The molecule has 1 heterocycles. The van der Waals surface area contributed by atoms with Gasteiger partial charge < -0.3 is 10.6 Å². The second-order valence-electron chi connectivity index (χ2n) is 7.22. The Kier molecular flexibility index (Phi) is 5.30. The van der Waals surface area contributed by atoms with Crippen molar-refractivity contribution in [3.8, 4) is 0 Å². The lowest BCUT2D eigenvalue weighted by Crippen LogP contribution is -2.51. The van der Waals surface area contributed by atoms with Crippen LogP contribution >= 0.6 is 0 Å². The highest BCUT2D eigenvalue weighted by Crippen LogP contribution is 2.41. The Hall–Kier alpha value is -0.0800. The van der Waals surface area contributed by atoms with Crippen molar-refractivity contribution in [3.63, 3.8) is 0 Å². The Balaban J connectivity index is 1.95. The SMILES string of the molecule is CCC1(CC)CCN(C2CC(C)CCC2CN)CC1. The summed E-state index contributed by atoms with van der Waals surface area (Å²) in [5.74, 6) is 1.66. The summed E-state index contributed by atoms with van der Waals surface area (Å²) in [5, 5.41) is 0. The number of rotatable bonds is 4. The maximum absolute atomic E-state index is 6.02. The summed E-state index contributed by atoms with van der Waals surface area (Å²) < 4.78 is 0. The molecular formula is C17H34N2. The molecule has 3 unspecified atom stereocenters. The first-order valence-corrected chi connectivity index (χ1v) is 8.58. The Morgan fingerprint density at radius 2 is 1.74 bits per heavy atom. The molecule has 2 fully saturated rings. The van der Waals surface area contributed by atoms with Gasteiger partial charge in [0.1, 0.15) is 0 Å². The first kappa shape index (κ1) is 15.3. The molecule has 0 radical (unpaired) electrons. The fraction of sp³-hybridized carbons (Fsp3) is 1.00. The summed E-state index contributed by atoms with van der Waals surface area (Å²) in [7, 11) is 0.